The summed E-state index contributed by atoms with van der Waals surface area (Å²) in [5, 5.41) is 14.5. The Hall–Kier alpha value is -3.08. The molecule has 0 radical (unpaired) electrons. The number of likely N-dealkylation sites (tertiary alicyclic amines) is 1. The molecular weight excluding hydrogens is 420 g/mol. The second-order valence-corrected chi connectivity index (χ2v) is 9.94. The molecule has 1 saturated carbocycles. The molecule has 0 unspecified atom stereocenters. The Bertz CT molecular complexity index is 916. The van der Waals surface area contributed by atoms with E-state index in [0.717, 1.165) is 31.2 Å². The number of hydrogen-bond acceptors (Lipinski definition) is 5. The van der Waals surface area contributed by atoms with Crippen molar-refractivity contribution in [3.05, 3.63) is 35.4 Å². The molecule has 4 atom stereocenters. The van der Waals surface area contributed by atoms with E-state index >= 15 is 0 Å². The largest absolute Gasteiger partial charge is 0.444 e. The van der Waals surface area contributed by atoms with E-state index in [4.69, 9.17) is 10.00 Å². The Balaban J connectivity index is 1.79. The summed E-state index contributed by atoms with van der Waals surface area (Å²) in [6.45, 7) is 5.44. The first-order valence-corrected chi connectivity index (χ1v) is 11.6. The van der Waals surface area contributed by atoms with Crippen molar-refractivity contribution in [1.29, 1.82) is 5.26 Å². The number of rotatable bonds is 5. The second-order valence-electron chi connectivity index (χ2n) is 9.94. The smallest absolute Gasteiger partial charge is 0.411 e. The lowest BCUT2D eigenvalue weighted by Gasteiger charge is -2.35. The fourth-order valence-electron chi connectivity index (χ4n) is 4.87. The van der Waals surface area contributed by atoms with Crippen molar-refractivity contribution in [2.45, 2.75) is 83.0 Å². The number of benzene rings is 1. The summed E-state index contributed by atoms with van der Waals surface area (Å²) >= 11 is 0. The van der Waals surface area contributed by atoms with Gasteiger partial charge >= 0.3 is 6.09 Å². The topological polar surface area (TPSA) is 112 Å². The fraction of sp³-hybridized carbons (Fsp3) is 0.600. The molecule has 1 heterocycles. The predicted octanol–water partition coefficient (Wildman–Crippen LogP) is 2.90. The molecule has 8 heteroatoms. The number of fused-ring (bicyclic) bond motifs is 1. The van der Waals surface area contributed by atoms with Gasteiger partial charge in [0.25, 0.3) is 0 Å². The summed E-state index contributed by atoms with van der Waals surface area (Å²) < 4.78 is 5.64. The molecule has 1 aromatic rings. The highest BCUT2D eigenvalue weighted by atomic mass is 16.6. The van der Waals surface area contributed by atoms with Gasteiger partial charge in [0.15, 0.2) is 0 Å². The number of amides is 3. The summed E-state index contributed by atoms with van der Waals surface area (Å²) in [5.74, 6) is -0.386. The lowest BCUT2D eigenvalue weighted by molar-refractivity contribution is -0.131. The van der Waals surface area contributed by atoms with Gasteiger partial charge in [-0.25, -0.2) is 4.79 Å². The van der Waals surface area contributed by atoms with Crippen LogP contribution in [0.25, 0.3) is 0 Å². The van der Waals surface area contributed by atoms with E-state index < -0.39 is 23.8 Å². The molecule has 3 rings (SSSR count). The molecule has 0 spiro atoms. The SMILES string of the molecule is CNC(=O)[C@H](Cc1ccc(C#N)cc1)NC(=O)[C@@H]1C[C@@H]2CCCC[C@@H]2N1C(=O)OC(C)(C)C. The van der Waals surface area contributed by atoms with Crippen molar-refractivity contribution in [3.63, 3.8) is 0 Å². The molecule has 2 aliphatic rings. The maximum absolute atomic E-state index is 13.4. The predicted molar refractivity (Wildman–Crippen MR) is 123 cm³/mol. The van der Waals surface area contributed by atoms with E-state index in [2.05, 4.69) is 16.7 Å². The quantitative estimate of drug-likeness (QED) is 0.711. The van der Waals surface area contributed by atoms with Gasteiger partial charge in [0.05, 0.1) is 11.6 Å². The number of nitriles is 1. The Kier molecular flexibility index (Phi) is 7.62. The molecular formula is C25H34N4O4. The van der Waals surface area contributed by atoms with E-state index in [1.54, 1.807) is 29.2 Å². The molecule has 2 N–H and O–H groups in total. The van der Waals surface area contributed by atoms with Gasteiger partial charge in [0.1, 0.15) is 17.7 Å². The van der Waals surface area contributed by atoms with Crippen molar-refractivity contribution in [2.75, 3.05) is 7.05 Å². The van der Waals surface area contributed by atoms with Crippen molar-refractivity contribution in [2.24, 2.45) is 5.92 Å². The van der Waals surface area contributed by atoms with Gasteiger partial charge in [-0.3, -0.25) is 14.5 Å². The lowest BCUT2D eigenvalue weighted by Crippen LogP contribution is -2.55. The fourth-order valence-corrected chi connectivity index (χ4v) is 4.87. The van der Waals surface area contributed by atoms with Gasteiger partial charge in [-0.2, -0.15) is 5.26 Å². The number of carbonyl (C=O) groups is 3. The molecule has 1 aliphatic heterocycles. The summed E-state index contributed by atoms with van der Waals surface area (Å²) in [6, 6.07) is 7.52. The summed E-state index contributed by atoms with van der Waals surface area (Å²) in [7, 11) is 1.53. The number of ether oxygens (including phenoxy) is 1. The van der Waals surface area contributed by atoms with Crippen molar-refractivity contribution < 1.29 is 19.1 Å². The van der Waals surface area contributed by atoms with E-state index in [-0.39, 0.29) is 30.2 Å². The number of likely N-dealkylation sites (N-methyl/N-ethyl adjacent to an activating group) is 1. The van der Waals surface area contributed by atoms with E-state index in [9.17, 15) is 14.4 Å². The summed E-state index contributed by atoms with van der Waals surface area (Å²) in [4.78, 5) is 40.7. The van der Waals surface area contributed by atoms with Crippen LogP contribution in [-0.4, -0.2) is 53.6 Å². The minimum atomic E-state index is -0.793. The van der Waals surface area contributed by atoms with Crippen molar-refractivity contribution in [1.82, 2.24) is 15.5 Å². The first-order valence-electron chi connectivity index (χ1n) is 11.6. The minimum Gasteiger partial charge on any atom is -0.444 e. The zero-order valence-electron chi connectivity index (χ0n) is 19.9. The molecule has 33 heavy (non-hydrogen) atoms. The summed E-state index contributed by atoms with van der Waals surface area (Å²) in [6.07, 6.45) is 4.35. The van der Waals surface area contributed by atoms with Crippen LogP contribution in [0.2, 0.25) is 0 Å². The van der Waals surface area contributed by atoms with Crippen LogP contribution in [0.5, 0.6) is 0 Å². The highest BCUT2D eigenvalue weighted by Crippen LogP contribution is 2.40. The molecule has 8 nitrogen and oxygen atoms in total. The Morgan fingerprint density at radius 1 is 1.18 bits per heavy atom. The Morgan fingerprint density at radius 3 is 2.45 bits per heavy atom. The molecule has 0 bridgehead atoms. The number of nitrogens with one attached hydrogen (secondary N) is 2. The molecule has 1 aromatic carbocycles. The summed E-state index contributed by atoms with van der Waals surface area (Å²) in [5.41, 5.74) is 0.693. The maximum atomic E-state index is 13.4. The van der Waals surface area contributed by atoms with Gasteiger partial charge in [-0.1, -0.05) is 25.0 Å². The zero-order valence-corrected chi connectivity index (χ0v) is 19.9. The third kappa shape index (κ3) is 6.04. The van der Waals surface area contributed by atoms with Crippen LogP contribution >= 0.6 is 0 Å². The van der Waals surface area contributed by atoms with Crippen LogP contribution in [0.3, 0.4) is 0 Å². The van der Waals surface area contributed by atoms with Crippen LogP contribution in [0.15, 0.2) is 24.3 Å². The van der Waals surface area contributed by atoms with E-state index in [1.807, 2.05) is 20.8 Å². The molecule has 3 amide bonds. The van der Waals surface area contributed by atoms with Crippen LogP contribution in [0.1, 0.15) is 64.0 Å². The maximum Gasteiger partial charge on any atom is 0.411 e. The van der Waals surface area contributed by atoms with Crippen molar-refractivity contribution in [3.8, 4) is 6.07 Å². The van der Waals surface area contributed by atoms with Crippen LogP contribution in [0.4, 0.5) is 4.79 Å². The molecule has 0 aromatic heterocycles. The van der Waals surface area contributed by atoms with Crippen LogP contribution in [-0.2, 0) is 20.7 Å². The number of nitrogens with zero attached hydrogens (tertiary/aromatic N) is 2. The molecule has 1 aliphatic carbocycles. The first-order chi connectivity index (χ1) is 15.6. The monoisotopic (exact) mass is 454 g/mol. The molecule has 178 valence electrons. The van der Waals surface area contributed by atoms with Gasteiger partial charge in [-0.05, 0) is 63.6 Å². The zero-order chi connectivity index (χ0) is 24.2. The lowest BCUT2D eigenvalue weighted by atomic mass is 9.85. The highest BCUT2D eigenvalue weighted by Gasteiger charge is 2.49. The van der Waals surface area contributed by atoms with Gasteiger partial charge in [0, 0.05) is 19.5 Å². The number of carbonyl (C=O) groups excluding carboxylic acids is 3. The standard InChI is InChI=1S/C25H34N4O4/c1-25(2,3)33-24(32)29-20-8-6-5-7-18(20)14-21(29)23(31)28-19(22(30)27-4)13-16-9-11-17(15-26)12-10-16/h9-12,18-21H,5-8,13-14H2,1-4H3,(H,27,30)(H,28,31)/t18-,19-,20-,21-/m0/s1. The Labute approximate surface area is 195 Å². The van der Waals surface area contributed by atoms with Crippen molar-refractivity contribution >= 4 is 17.9 Å². The first kappa shape index (κ1) is 24.6. The molecule has 1 saturated heterocycles. The highest BCUT2D eigenvalue weighted by molar-refractivity contribution is 5.92. The number of hydrogen-bond donors (Lipinski definition) is 2. The minimum absolute atomic E-state index is 0.0127. The van der Waals surface area contributed by atoms with Gasteiger partial charge < -0.3 is 15.4 Å². The average Bonchev–Trinajstić information content (AvgIpc) is 3.17. The van der Waals surface area contributed by atoms with Gasteiger partial charge in [0.2, 0.25) is 11.8 Å². The van der Waals surface area contributed by atoms with Crippen LogP contribution < -0.4 is 10.6 Å². The third-order valence-electron chi connectivity index (χ3n) is 6.40. The average molecular weight is 455 g/mol. The van der Waals surface area contributed by atoms with E-state index in [0.29, 0.717) is 12.0 Å². The normalized spacial score (nSPS) is 23.1. The van der Waals surface area contributed by atoms with E-state index in [1.165, 1.54) is 7.05 Å². The third-order valence-corrected chi connectivity index (χ3v) is 6.40. The second kappa shape index (κ2) is 10.2. The Morgan fingerprint density at radius 2 is 1.85 bits per heavy atom. The van der Waals surface area contributed by atoms with Crippen LogP contribution in [0, 0.1) is 17.2 Å². The molecule has 2 fully saturated rings. The van der Waals surface area contributed by atoms with Gasteiger partial charge in [-0.15, -0.1) is 0 Å².